The van der Waals surface area contributed by atoms with Gasteiger partial charge in [-0.3, -0.25) is 0 Å². The Kier molecular flexibility index (Phi) is 5.74. The molecule has 128 valence electrons. The van der Waals surface area contributed by atoms with Crippen LogP contribution in [-0.2, 0) is 0 Å². The molecular formula is C16H17Cl2F3O2. The number of benzene rings is 1. The maximum absolute atomic E-state index is 12.8. The smallest absolute Gasteiger partial charge is 0.429 e. The molecule has 2 nitrogen and oxygen atoms in total. The van der Waals surface area contributed by atoms with Crippen LogP contribution in [-0.4, -0.2) is 18.9 Å². The molecule has 1 heterocycles. The summed E-state index contributed by atoms with van der Waals surface area (Å²) >= 11 is 12.3. The monoisotopic (exact) mass is 368 g/mol. The highest BCUT2D eigenvalue weighted by molar-refractivity contribution is 6.38. The van der Waals surface area contributed by atoms with Crippen molar-refractivity contribution >= 4 is 29.3 Å². The Morgan fingerprint density at radius 2 is 1.91 bits per heavy atom. The Morgan fingerprint density at radius 3 is 2.48 bits per heavy atom. The van der Waals surface area contributed by atoms with E-state index in [9.17, 15) is 13.2 Å². The first-order chi connectivity index (χ1) is 10.8. The topological polar surface area (TPSA) is 18.5 Å². The summed E-state index contributed by atoms with van der Waals surface area (Å²) in [6, 6.07) is 1.49. The van der Waals surface area contributed by atoms with Gasteiger partial charge < -0.3 is 9.47 Å². The lowest BCUT2D eigenvalue weighted by Gasteiger charge is -2.25. The normalized spacial score (nSPS) is 17.1. The van der Waals surface area contributed by atoms with E-state index in [4.69, 9.17) is 32.7 Å². The lowest BCUT2D eigenvalue weighted by molar-refractivity contribution is -0.180. The highest BCUT2D eigenvalue weighted by Crippen LogP contribution is 2.46. The van der Waals surface area contributed by atoms with Gasteiger partial charge in [0.2, 0.25) is 6.10 Å². The van der Waals surface area contributed by atoms with Crippen molar-refractivity contribution in [2.45, 2.75) is 39.0 Å². The Hall–Kier alpha value is -1.07. The minimum absolute atomic E-state index is 0.0305. The predicted molar refractivity (Wildman–Crippen MR) is 85.5 cm³/mol. The van der Waals surface area contributed by atoms with Gasteiger partial charge in [-0.1, -0.05) is 56.0 Å². The summed E-state index contributed by atoms with van der Waals surface area (Å²) in [7, 11) is 0. The van der Waals surface area contributed by atoms with E-state index in [1.807, 2.05) is 13.8 Å². The molecule has 7 heteroatoms. The fourth-order valence-electron chi connectivity index (χ4n) is 2.24. The summed E-state index contributed by atoms with van der Waals surface area (Å²) in [6.07, 6.45) is -2.45. The van der Waals surface area contributed by atoms with Crippen LogP contribution in [0.1, 0.15) is 32.3 Å². The number of halogens is 5. The minimum Gasteiger partial charge on any atom is -0.490 e. The number of hydrogen-bond donors (Lipinski definition) is 0. The summed E-state index contributed by atoms with van der Waals surface area (Å²) in [5.41, 5.74) is 0.399. The van der Waals surface area contributed by atoms with E-state index in [2.05, 4.69) is 0 Å². The van der Waals surface area contributed by atoms with E-state index >= 15 is 0 Å². The van der Waals surface area contributed by atoms with E-state index in [0.717, 1.165) is 18.9 Å². The zero-order valence-electron chi connectivity index (χ0n) is 12.7. The van der Waals surface area contributed by atoms with Gasteiger partial charge in [0.15, 0.2) is 5.75 Å². The first-order valence-electron chi connectivity index (χ1n) is 7.34. The van der Waals surface area contributed by atoms with Crippen molar-refractivity contribution in [1.82, 2.24) is 0 Å². The van der Waals surface area contributed by atoms with Crippen LogP contribution in [0.2, 0.25) is 10.0 Å². The lowest BCUT2D eigenvalue weighted by Crippen LogP contribution is -2.34. The molecule has 0 radical (unpaired) electrons. The Labute approximate surface area is 143 Å². The quantitative estimate of drug-likeness (QED) is 0.620. The van der Waals surface area contributed by atoms with Crippen LogP contribution in [0.25, 0.3) is 6.08 Å². The van der Waals surface area contributed by atoms with Crippen molar-refractivity contribution in [3.05, 3.63) is 27.8 Å². The van der Waals surface area contributed by atoms with Crippen LogP contribution in [0, 0.1) is 5.92 Å². The molecular weight excluding hydrogens is 352 g/mol. The molecule has 0 saturated heterocycles. The molecule has 1 unspecified atom stereocenters. The van der Waals surface area contributed by atoms with Crippen molar-refractivity contribution in [3.8, 4) is 11.5 Å². The Morgan fingerprint density at radius 1 is 1.26 bits per heavy atom. The molecule has 1 aliphatic rings. The van der Waals surface area contributed by atoms with Crippen molar-refractivity contribution in [2.24, 2.45) is 5.92 Å². The molecule has 0 saturated carbocycles. The third-order valence-corrected chi connectivity index (χ3v) is 4.42. The van der Waals surface area contributed by atoms with E-state index in [-0.39, 0.29) is 21.5 Å². The van der Waals surface area contributed by atoms with Gasteiger partial charge in [-0.25, -0.2) is 0 Å². The van der Waals surface area contributed by atoms with Gasteiger partial charge in [0, 0.05) is 5.56 Å². The number of fused-ring (bicyclic) bond motifs is 1. The van der Waals surface area contributed by atoms with Gasteiger partial charge in [0.25, 0.3) is 0 Å². The fourth-order valence-corrected chi connectivity index (χ4v) is 2.86. The Balaban J connectivity index is 2.29. The third-order valence-electron chi connectivity index (χ3n) is 3.80. The van der Waals surface area contributed by atoms with Crippen molar-refractivity contribution in [2.75, 3.05) is 6.61 Å². The molecule has 0 N–H and O–H groups in total. The maximum atomic E-state index is 12.8. The molecule has 2 rings (SSSR count). The van der Waals surface area contributed by atoms with Crippen LogP contribution in [0.5, 0.6) is 11.5 Å². The molecule has 0 amide bonds. The molecule has 1 aromatic carbocycles. The molecule has 1 aromatic rings. The van der Waals surface area contributed by atoms with Gasteiger partial charge in [0.05, 0.1) is 11.6 Å². The summed E-state index contributed by atoms with van der Waals surface area (Å²) in [4.78, 5) is 0. The van der Waals surface area contributed by atoms with Gasteiger partial charge in [-0.2, -0.15) is 13.2 Å². The number of hydrogen-bond acceptors (Lipinski definition) is 2. The minimum atomic E-state index is -4.51. The average molecular weight is 369 g/mol. The summed E-state index contributed by atoms with van der Waals surface area (Å²) in [6.45, 7) is 4.47. The van der Waals surface area contributed by atoms with Crippen LogP contribution in [0.4, 0.5) is 13.2 Å². The fraction of sp³-hybridized carbons (Fsp3) is 0.500. The van der Waals surface area contributed by atoms with E-state index < -0.39 is 12.3 Å². The largest absolute Gasteiger partial charge is 0.490 e. The average Bonchev–Trinajstić information content (AvgIpc) is 2.49. The van der Waals surface area contributed by atoms with Gasteiger partial charge >= 0.3 is 6.18 Å². The van der Waals surface area contributed by atoms with Crippen LogP contribution in [0.15, 0.2) is 12.1 Å². The molecule has 0 fully saturated rings. The second-order valence-corrected chi connectivity index (χ2v) is 6.14. The molecule has 1 aliphatic heterocycles. The zero-order valence-corrected chi connectivity index (χ0v) is 14.2. The lowest BCUT2D eigenvalue weighted by atomic mass is 10.1. The van der Waals surface area contributed by atoms with Crippen molar-refractivity contribution < 1.29 is 22.6 Å². The van der Waals surface area contributed by atoms with Crippen molar-refractivity contribution in [1.29, 1.82) is 0 Å². The van der Waals surface area contributed by atoms with Gasteiger partial charge in [0.1, 0.15) is 10.8 Å². The van der Waals surface area contributed by atoms with E-state index in [1.165, 1.54) is 12.1 Å². The molecule has 1 atom stereocenters. The summed E-state index contributed by atoms with van der Waals surface area (Å²) in [5.74, 6) is 0.428. The third kappa shape index (κ3) is 4.07. The van der Waals surface area contributed by atoms with Crippen LogP contribution >= 0.6 is 23.2 Å². The number of rotatable bonds is 5. The highest BCUT2D eigenvalue weighted by atomic mass is 35.5. The van der Waals surface area contributed by atoms with Crippen LogP contribution in [0.3, 0.4) is 0 Å². The molecule has 0 aliphatic carbocycles. The standard InChI is InChI=1S/C16H17Cl2F3O2/c1-3-9(4-2)8-22-15-11(17)7-10-5-6-12(16(19,20)21)23-14(10)13(15)18/h5-7,9,12H,3-4,8H2,1-2H3. The first kappa shape index (κ1) is 18.3. The van der Waals surface area contributed by atoms with Crippen molar-refractivity contribution in [3.63, 3.8) is 0 Å². The SMILES string of the molecule is CCC(CC)COc1c(Cl)cc2c(c1Cl)OC(C(F)(F)F)C=C2. The van der Waals surface area contributed by atoms with E-state index in [1.54, 1.807) is 0 Å². The van der Waals surface area contributed by atoms with Gasteiger partial charge in [-0.05, 0) is 18.1 Å². The maximum Gasteiger partial charge on any atom is 0.429 e. The molecule has 23 heavy (non-hydrogen) atoms. The number of alkyl halides is 3. The predicted octanol–water partition coefficient (Wildman–Crippen LogP) is 6.14. The van der Waals surface area contributed by atoms with Crippen LogP contribution < -0.4 is 9.47 Å². The summed E-state index contributed by atoms with van der Waals surface area (Å²) < 4.78 is 49.1. The molecule has 0 aromatic heterocycles. The van der Waals surface area contributed by atoms with E-state index in [0.29, 0.717) is 18.1 Å². The molecule has 0 spiro atoms. The second-order valence-electron chi connectivity index (χ2n) is 5.35. The number of ether oxygens (including phenoxy) is 2. The zero-order chi connectivity index (χ0) is 17.2. The highest BCUT2D eigenvalue weighted by Gasteiger charge is 2.42. The molecule has 0 bridgehead atoms. The Bertz CT molecular complexity index is 596. The van der Waals surface area contributed by atoms with Gasteiger partial charge in [-0.15, -0.1) is 0 Å². The second kappa shape index (κ2) is 7.22. The summed E-state index contributed by atoms with van der Waals surface area (Å²) in [5, 5.41) is 0.218. The first-order valence-corrected chi connectivity index (χ1v) is 8.09.